The molecule has 0 radical (unpaired) electrons. The molecule has 1 aromatic carbocycles. The number of ether oxygens (including phenoxy) is 1. The lowest BCUT2D eigenvalue weighted by atomic mass is 10.0. The molecule has 0 bridgehead atoms. The van der Waals surface area contributed by atoms with Gasteiger partial charge in [0.1, 0.15) is 9.88 Å². The molecule has 0 aliphatic carbocycles. The molecule has 20 heavy (non-hydrogen) atoms. The topological polar surface area (TPSA) is 81.4 Å². The highest BCUT2D eigenvalue weighted by Crippen LogP contribution is 2.26. The molecule has 1 aliphatic heterocycles. The Kier molecular flexibility index (Phi) is 4.36. The van der Waals surface area contributed by atoms with Crippen LogP contribution < -0.4 is 10.5 Å². The molecule has 1 fully saturated rings. The van der Waals surface area contributed by atoms with E-state index < -0.39 is 15.6 Å². The predicted molar refractivity (Wildman–Crippen MR) is 81.5 cm³/mol. The molecule has 1 atom stereocenters. The lowest BCUT2D eigenvalue weighted by molar-refractivity contribution is 0.178. The molecule has 110 valence electrons. The lowest BCUT2D eigenvalue weighted by Gasteiger charge is -2.23. The summed E-state index contributed by atoms with van der Waals surface area (Å²) in [6, 6.07) is 4.44. The van der Waals surface area contributed by atoms with Crippen LogP contribution in [0.3, 0.4) is 0 Å². The van der Waals surface area contributed by atoms with E-state index in [4.69, 9.17) is 34.3 Å². The van der Waals surface area contributed by atoms with Gasteiger partial charge in [0.2, 0.25) is 10.0 Å². The van der Waals surface area contributed by atoms with Crippen molar-refractivity contribution in [1.82, 2.24) is 4.72 Å². The highest BCUT2D eigenvalue weighted by molar-refractivity contribution is 7.89. The fourth-order valence-electron chi connectivity index (χ4n) is 1.99. The summed E-state index contributed by atoms with van der Waals surface area (Å²) in [7, 11) is -3.77. The summed E-state index contributed by atoms with van der Waals surface area (Å²) >= 11 is 10.8. The summed E-state index contributed by atoms with van der Waals surface area (Å²) in [5, 5.41) is 0.125. The van der Waals surface area contributed by atoms with Crippen LogP contribution in [0.4, 0.5) is 0 Å². The average Bonchev–Trinajstić information content (AvgIpc) is 2.74. The van der Waals surface area contributed by atoms with E-state index in [0.29, 0.717) is 25.2 Å². The van der Waals surface area contributed by atoms with E-state index in [-0.39, 0.29) is 14.9 Å². The molecular weight excluding hydrogens is 320 g/mol. The normalized spacial score (nSPS) is 22.9. The Labute approximate surface area is 128 Å². The van der Waals surface area contributed by atoms with E-state index in [1.165, 1.54) is 12.1 Å². The largest absolute Gasteiger partial charge is 0.389 e. The number of rotatable bonds is 4. The number of nitrogens with two attached hydrogens (primary N) is 1. The molecule has 3 N–H and O–H groups in total. The van der Waals surface area contributed by atoms with Gasteiger partial charge < -0.3 is 10.5 Å². The van der Waals surface area contributed by atoms with Crippen LogP contribution in [0.2, 0.25) is 5.02 Å². The number of sulfonamides is 1. The monoisotopic (exact) mass is 334 g/mol. The quantitative estimate of drug-likeness (QED) is 0.814. The van der Waals surface area contributed by atoms with Gasteiger partial charge in [-0.25, -0.2) is 13.1 Å². The molecule has 1 heterocycles. The zero-order valence-corrected chi connectivity index (χ0v) is 13.2. The maximum absolute atomic E-state index is 12.5. The summed E-state index contributed by atoms with van der Waals surface area (Å²) in [5.74, 6) is 0. The van der Waals surface area contributed by atoms with Crippen LogP contribution in [0.5, 0.6) is 0 Å². The van der Waals surface area contributed by atoms with Gasteiger partial charge in [-0.1, -0.05) is 29.9 Å². The highest BCUT2D eigenvalue weighted by Gasteiger charge is 2.35. The first-order chi connectivity index (χ1) is 9.23. The maximum atomic E-state index is 12.5. The number of hydrogen-bond donors (Lipinski definition) is 2. The van der Waals surface area contributed by atoms with Crippen molar-refractivity contribution in [3.63, 3.8) is 0 Å². The highest BCUT2D eigenvalue weighted by atomic mass is 35.5. The molecule has 0 aromatic heterocycles. The summed E-state index contributed by atoms with van der Waals surface area (Å²) in [6.07, 6.45) is 0.610. The Bertz CT molecular complexity index is 640. The second kappa shape index (κ2) is 5.57. The SMILES string of the molecule is CC1(NS(=O)(=O)c2cc(C(N)=S)ccc2Cl)CCOC1. The predicted octanol–water partition coefficient (Wildman–Crippen LogP) is 1.43. The zero-order chi connectivity index (χ0) is 15.0. The Morgan fingerprint density at radius 2 is 2.25 bits per heavy atom. The number of thiocarbonyl (C=S) groups is 1. The fourth-order valence-corrected chi connectivity index (χ4v) is 4.07. The number of halogens is 1. The van der Waals surface area contributed by atoms with Crippen molar-refractivity contribution in [3.05, 3.63) is 28.8 Å². The van der Waals surface area contributed by atoms with Gasteiger partial charge in [0, 0.05) is 12.2 Å². The number of nitrogens with one attached hydrogen (secondary N) is 1. The van der Waals surface area contributed by atoms with Crippen LogP contribution in [-0.4, -0.2) is 32.2 Å². The molecule has 0 amide bonds. The molecule has 1 aromatic rings. The van der Waals surface area contributed by atoms with Crippen molar-refractivity contribution in [2.75, 3.05) is 13.2 Å². The zero-order valence-electron chi connectivity index (χ0n) is 10.8. The van der Waals surface area contributed by atoms with Crippen LogP contribution in [0.15, 0.2) is 23.1 Å². The molecule has 2 rings (SSSR count). The van der Waals surface area contributed by atoms with Crippen molar-refractivity contribution in [3.8, 4) is 0 Å². The van der Waals surface area contributed by atoms with Crippen molar-refractivity contribution in [2.45, 2.75) is 23.8 Å². The average molecular weight is 335 g/mol. The summed E-state index contributed by atoms with van der Waals surface area (Å²) in [6.45, 7) is 2.65. The minimum absolute atomic E-state index is 0.0300. The fraction of sp³-hybridized carbons (Fsp3) is 0.417. The van der Waals surface area contributed by atoms with Gasteiger partial charge >= 0.3 is 0 Å². The first-order valence-electron chi connectivity index (χ1n) is 5.95. The van der Waals surface area contributed by atoms with E-state index in [1.54, 1.807) is 13.0 Å². The van der Waals surface area contributed by atoms with Gasteiger partial charge in [-0.2, -0.15) is 0 Å². The van der Waals surface area contributed by atoms with Gasteiger partial charge in [-0.15, -0.1) is 0 Å². The third-order valence-corrected chi connectivity index (χ3v) is 5.46. The standard InChI is InChI=1S/C12H15ClN2O3S2/c1-12(4-5-18-7-12)15-20(16,17)10-6-8(11(14)19)2-3-9(10)13/h2-3,6,15H,4-5,7H2,1H3,(H2,14,19). The maximum Gasteiger partial charge on any atom is 0.242 e. The number of hydrogen-bond acceptors (Lipinski definition) is 4. The van der Waals surface area contributed by atoms with E-state index in [2.05, 4.69) is 4.72 Å². The van der Waals surface area contributed by atoms with Gasteiger partial charge in [-0.05, 0) is 25.5 Å². The lowest BCUT2D eigenvalue weighted by Crippen LogP contribution is -2.46. The molecule has 0 saturated carbocycles. The summed E-state index contributed by atoms with van der Waals surface area (Å²) in [4.78, 5) is 0.0890. The minimum atomic E-state index is -3.77. The first kappa shape index (κ1) is 15.7. The van der Waals surface area contributed by atoms with Crippen LogP contribution in [0, 0.1) is 0 Å². The Morgan fingerprint density at radius 1 is 1.55 bits per heavy atom. The van der Waals surface area contributed by atoms with Gasteiger partial charge in [0.15, 0.2) is 0 Å². The minimum Gasteiger partial charge on any atom is -0.389 e. The van der Waals surface area contributed by atoms with Crippen molar-refractivity contribution in [2.24, 2.45) is 5.73 Å². The molecule has 1 unspecified atom stereocenters. The summed E-state index contributed by atoms with van der Waals surface area (Å²) in [5.41, 5.74) is 5.35. The second-order valence-electron chi connectivity index (χ2n) is 4.98. The molecule has 1 aliphatic rings. The van der Waals surface area contributed by atoms with Crippen LogP contribution in [0.1, 0.15) is 18.9 Å². The Balaban J connectivity index is 2.38. The van der Waals surface area contributed by atoms with E-state index in [0.717, 1.165) is 0 Å². The van der Waals surface area contributed by atoms with Crippen LogP contribution >= 0.6 is 23.8 Å². The van der Waals surface area contributed by atoms with Gasteiger partial charge in [0.05, 0.1) is 17.2 Å². The van der Waals surface area contributed by atoms with Gasteiger partial charge in [-0.3, -0.25) is 0 Å². The third kappa shape index (κ3) is 3.29. The van der Waals surface area contributed by atoms with Gasteiger partial charge in [0.25, 0.3) is 0 Å². The Morgan fingerprint density at radius 3 is 2.80 bits per heavy atom. The first-order valence-corrected chi connectivity index (χ1v) is 8.22. The second-order valence-corrected chi connectivity index (χ2v) is 7.48. The van der Waals surface area contributed by atoms with Crippen molar-refractivity contribution < 1.29 is 13.2 Å². The van der Waals surface area contributed by atoms with E-state index in [9.17, 15) is 8.42 Å². The molecular formula is C12H15ClN2O3S2. The molecule has 5 nitrogen and oxygen atoms in total. The van der Waals surface area contributed by atoms with Crippen molar-refractivity contribution in [1.29, 1.82) is 0 Å². The van der Waals surface area contributed by atoms with E-state index >= 15 is 0 Å². The van der Waals surface area contributed by atoms with Crippen LogP contribution in [-0.2, 0) is 14.8 Å². The third-order valence-electron chi connectivity index (χ3n) is 3.10. The summed E-state index contributed by atoms with van der Waals surface area (Å²) < 4.78 is 32.8. The molecule has 8 heteroatoms. The smallest absolute Gasteiger partial charge is 0.242 e. The van der Waals surface area contributed by atoms with Crippen molar-refractivity contribution >= 4 is 38.8 Å². The molecule has 1 saturated heterocycles. The number of benzene rings is 1. The van der Waals surface area contributed by atoms with E-state index in [1.807, 2.05) is 0 Å². The Hall–Kier alpha value is -0.730. The van der Waals surface area contributed by atoms with Crippen LogP contribution in [0.25, 0.3) is 0 Å². The molecule has 0 spiro atoms.